The van der Waals surface area contributed by atoms with Crippen LogP contribution in [0.3, 0.4) is 0 Å². The Balaban J connectivity index is 1.92. The van der Waals surface area contributed by atoms with Crippen molar-refractivity contribution in [1.82, 2.24) is 9.88 Å². The first-order chi connectivity index (χ1) is 10.2. The van der Waals surface area contributed by atoms with Gasteiger partial charge in [0, 0.05) is 18.2 Å². The Labute approximate surface area is 122 Å². The van der Waals surface area contributed by atoms with Gasteiger partial charge in [0.15, 0.2) is 5.58 Å². The molecule has 0 saturated heterocycles. The molecular weight excluding hydrogens is 268 g/mol. The lowest BCUT2D eigenvalue weighted by Gasteiger charge is -2.11. The molecule has 1 aromatic carbocycles. The molecule has 1 aromatic heterocycles. The van der Waals surface area contributed by atoms with Gasteiger partial charge in [-0.25, -0.2) is 4.79 Å². The van der Waals surface area contributed by atoms with Gasteiger partial charge in [-0.05, 0) is 31.0 Å². The van der Waals surface area contributed by atoms with E-state index < -0.39 is 5.76 Å². The number of hydrogen-bond acceptors (Lipinski definition) is 3. The molecule has 1 saturated carbocycles. The van der Waals surface area contributed by atoms with E-state index in [-0.39, 0.29) is 11.9 Å². The number of amides is 1. The quantitative estimate of drug-likeness (QED) is 0.878. The van der Waals surface area contributed by atoms with Crippen molar-refractivity contribution in [3.8, 4) is 0 Å². The second-order valence-electron chi connectivity index (χ2n) is 5.40. The largest absolute Gasteiger partial charge is 0.420 e. The highest BCUT2D eigenvalue weighted by molar-refractivity contribution is 5.97. The van der Waals surface area contributed by atoms with Crippen LogP contribution in [0.4, 0.5) is 0 Å². The Morgan fingerprint density at radius 3 is 2.90 bits per heavy atom. The van der Waals surface area contributed by atoms with Crippen molar-refractivity contribution in [2.75, 3.05) is 0 Å². The summed E-state index contributed by atoms with van der Waals surface area (Å²) in [5.74, 6) is -0.527. The zero-order valence-electron chi connectivity index (χ0n) is 11.8. The van der Waals surface area contributed by atoms with Crippen molar-refractivity contribution < 1.29 is 9.21 Å². The SMILES string of the molecule is C=CCn1c(=O)oc2ccc(C(=O)NC3CCCC3)cc21. The third-order valence-electron chi connectivity index (χ3n) is 3.93. The van der Waals surface area contributed by atoms with Crippen molar-refractivity contribution in [3.63, 3.8) is 0 Å². The lowest BCUT2D eigenvalue weighted by molar-refractivity contribution is 0.0938. The fourth-order valence-electron chi connectivity index (χ4n) is 2.84. The molecule has 110 valence electrons. The topological polar surface area (TPSA) is 64.2 Å². The van der Waals surface area contributed by atoms with E-state index in [0.717, 1.165) is 12.8 Å². The van der Waals surface area contributed by atoms with Crippen LogP contribution in [0.5, 0.6) is 0 Å². The summed E-state index contributed by atoms with van der Waals surface area (Å²) in [4.78, 5) is 24.0. The van der Waals surface area contributed by atoms with Gasteiger partial charge in [-0.2, -0.15) is 0 Å². The number of rotatable bonds is 4. The molecule has 3 rings (SSSR count). The summed E-state index contributed by atoms with van der Waals surface area (Å²) in [7, 11) is 0. The lowest BCUT2D eigenvalue weighted by atomic mass is 10.1. The smallest absolute Gasteiger partial charge is 0.408 e. The molecular formula is C16H18N2O3. The number of nitrogens with one attached hydrogen (secondary N) is 1. The highest BCUT2D eigenvalue weighted by Crippen LogP contribution is 2.19. The molecule has 0 bridgehead atoms. The Morgan fingerprint density at radius 1 is 1.43 bits per heavy atom. The van der Waals surface area contributed by atoms with Crippen LogP contribution in [-0.4, -0.2) is 16.5 Å². The number of nitrogens with zero attached hydrogens (tertiary/aromatic N) is 1. The molecule has 0 aliphatic heterocycles. The molecule has 21 heavy (non-hydrogen) atoms. The maximum absolute atomic E-state index is 12.3. The maximum atomic E-state index is 12.3. The van der Waals surface area contributed by atoms with Gasteiger partial charge in [0.25, 0.3) is 5.91 Å². The Morgan fingerprint density at radius 2 is 2.19 bits per heavy atom. The Kier molecular flexibility index (Phi) is 3.64. The van der Waals surface area contributed by atoms with E-state index in [1.54, 1.807) is 24.3 Å². The zero-order chi connectivity index (χ0) is 14.8. The number of aromatic nitrogens is 1. The molecule has 1 N–H and O–H groups in total. The van der Waals surface area contributed by atoms with Gasteiger partial charge in [0.2, 0.25) is 0 Å². The second kappa shape index (κ2) is 5.60. The average Bonchev–Trinajstić information content (AvgIpc) is 3.07. The minimum absolute atomic E-state index is 0.0948. The van der Waals surface area contributed by atoms with E-state index in [0.29, 0.717) is 23.2 Å². The molecule has 5 heteroatoms. The number of hydrogen-bond donors (Lipinski definition) is 1. The standard InChI is InChI=1S/C16H18N2O3/c1-2-9-18-13-10-11(7-8-14(13)21-16(18)20)15(19)17-12-5-3-4-6-12/h2,7-8,10,12H,1,3-6,9H2,(H,17,19). The third-order valence-corrected chi connectivity index (χ3v) is 3.93. The minimum Gasteiger partial charge on any atom is -0.408 e. The maximum Gasteiger partial charge on any atom is 0.420 e. The van der Waals surface area contributed by atoms with Gasteiger partial charge in [-0.1, -0.05) is 18.9 Å². The van der Waals surface area contributed by atoms with Gasteiger partial charge >= 0.3 is 5.76 Å². The molecule has 2 aromatic rings. The van der Waals surface area contributed by atoms with Crippen LogP contribution < -0.4 is 11.1 Å². The fourth-order valence-corrected chi connectivity index (χ4v) is 2.84. The third kappa shape index (κ3) is 2.63. The number of oxazole rings is 1. The number of carbonyl (C=O) groups is 1. The monoisotopic (exact) mass is 286 g/mol. The highest BCUT2D eigenvalue weighted by Gasteiger charge is 2.19. The Bertz CT molecular complexity index is 736. The van der Waals surface area contributed by atoms with E-state index >= 15 is 0 Å². The molecule has 1 aliphatic carbocycles. The average molecular weight is 286 g/mol. The van der Waals surface area contributed by atoms with E-state index in [4.69, 9.17) is 4.42 Å². The van der Waals surface area contributed by atoms with Crippen molar-refractivity contribution in [2.24, 2.45) is 0 Å². The number of fused-ring (bicyclic) bond motifs is 1. The molecule has 0 spiro atoms. The van der Waals surface area contributed by atoms with Gasteiger partial charge < -0.3 is 9.73 Å². The van der Waals surface area contributed by atoms with Crippen LogP contribution in [-0.2, 0) is 6.54 Å². The van der Waals surface area contributed by atoms with Crippen LogP contribution in [0.15, 0.2) is 40.1 Å². The number of carbonyl (C=O) groups excluding carboxylic acids is 1. The molecule has 0 unspecified atom stereocenters. The fraction of sp³-hybridized carbons (Fsp3) is 0.375. The summed E-state index contributed by atoms with van der Waals surface area (Å²) < 4.78 is 6.61. The first-order valence-electron chi connectivity index (χ1n) is 7.24. The summed E-state index contributed by atoms with van der Waals surface area (Å²) in [6, 6.07) is 5.33. The second-order valence-corrected chi connectivity index (χ2v) is 5.40. The summed E-state index contributed by atoms with van der Waals surface area (Å²) in [6.07, 6.45) is 6.05. The summed E-state index contributed by atoms with van der Waals surface area (Å²) in [5, 5.41) is 3.04. The minimum atomic E-state index is -0.432. The molecule has 0 radical (unpaired) electrons. The number of benzene rings is 1. The molecule has 0 atom stereocenters. The predicted octanol–water partition coefficient (Wildman–Crippen LogP) is 2.45. The van der Waals surface area contributed by atoms with Crippen LogP contribution in [0.2, 0.25) is 0 Å². The summed E-state index contributed by atoms with van der Waals surface area (Å²) >= 11 is 0. The van der Waals surface area contributed by atoms with Crippen molar-refractivity contribution in [3.05, 3.63) is 47.0 Å². The molecule has 1 heterocycles. The van der Waals surface area contributed by atoms with E-state index in [1.165, 1.54) is 17.4 Å². The summed E-state index contributed by atoms with van der Waals surface area (Å²) in [6.45, 7) is 3.99. The lowest BCUT2D eigenvalue weighted by Crippen LogP contribution is -2.32. The molecule has 1 fully saturated rings. The molecule has 5 nitrogen and oxygen atoms in total. The van der Waals surface area contributed by atoms with Crippen molar-refractivity contribution >= 4 is 17.0 Å². The first kappa shape index (κ1) is 13.7. The van der Waals surface area contributed by atoms with Gasteiger partial charge in [0.05, 0.1) is 5.52 Å². The van der Waals surface area contributed by atoms with Gasteiger partial charge in [-0.3, -0.25) is 9.36 Å². The zero-order valence-corrected chi connectivity index (χ0v) is 11.8. The Hall–Kier alpha value is -2.30. The normalized spacial score (nSPS) is 15.4. The van der Waals surface area contributed by atoms with Gasteiger partial charge in [0.1, 0.15) is 0 Å². The highest BCUT2D eigenvalue weighted by atomic mass is 16.4. The van der Waals surface area contributed by atoms with Gasteiger partial charge in [-0.15, -0.1) is 6.58 Å². The van der Waals surface area contributed by atoms with Crippen LogP contribution in [0, 0.1) is 0 Å². The van der Waals surface area contributed by atoms with Crippen LogP contribution >= 0.6 is 0 Å². The van der Waals surface area contributed by atoms with E-state index in [2.05, 4.69) is 11.9 Å². The van der Waals surface area contributed by atoms with Crippen LogP contribution in [0.25, 0.3) is 11.1 Å². The number of allylic oxidation sites excluding steroid dienone is 1. The summed E-state index contributed by atoms with van der Waals surface area (Å²) in [5.41, 5.74) is 1.66. The first-order valence-corrected chi connectivity index (χ1v) is 7.24. The van der Waals surface area contributed by atoms with E-state index in [1.807, 2.05) is 0 Å². The molecule has 1 aliphatic rings. The molecule has 1 amide bonds. The van der Waals surface area contributed by atoms with Crippen LogP contribution in [0.1, 0.15) is 36.0 Å². The predicted molar refractivity (Wildman–Crippen MR) is 80.4 cm³/mol. The van der Waals surface area contributed by atoms with Crippen molar-refractivity contribution in [1.29, 1.82) is 0 Å². The van der Waals surface area contributed by atoms with Crippen molar-refractivity contribution in [2.45, 2.75) is 38.3 Å². The van der Waals surface area contributed by atoms with E-state index in [9.17, 15) is 9.59 Å².